The number of carboxylic acids is 1. The molecule has 0 saturated carbocycles. The normalized spacial score (nSPS) is 9.29. The van der Waals surface area contributed by atoms with Crippen LogP contribution in [0.3, 0.4) is 0 Å². The second kappa shape index (κ2) is 6.30. The molecular formula is C13H12N2O2. The van der Waals surface area contributed by atoms with Gasteiger partial charge in [-0.2, -0.15) is 10.5 Å². The van der Waals surface area contributed by atoms with Gasteiger partial charge in [0.2, 0.25) is 0 Å². The van der Waals surface area contributed by atoms with Gasteiger partial charge in [-0.1, -0.05) is 18.2 Å². The van der Waals surface area contributed by atoms with Crippen LogP contribution in [0.1, 0.15) is 23.1 Å². The second-order valence-corrected chi connectivity index (χ2v) is 3.67. The van der Waals surface area contributed by atoms with E-state index in [0.717, 1.165) is 11.1 Å². The highest BCUT2D eigenvalue weighted by Gasteiger charge is 2.08. The van der Waals surface area contributed by atoms with Crippen LogP contribution in [-0.2, 0) is 24.1 Å². The van der Waals surface area contributed by atoms with E-state index >= 15 is 0 Å². The Hall–Kier alpha value is -2.33. The Balaban J connectivity index is 2.99. The molecule has 1 rings (SSSR count). The van der Waals surface area contributed by atoms with Crippen molar-refractivity contribution < 1.29 is 9.90 Å². The summed E-state index contributed by atoms with van der Waals surface area (Å²) in [7, 11) is 0. The molecule has 0 amide bonds. The summed E-state index contributed by atoms with van der Waals surface area (Å²) in [6.45, 7) is 0. The maximum Gasteiger partial charge on any atom is 0.307 e. The lowest BCUT2D eigenvalue weighted by Crippen LogP contribution is -2.04. The highest BCUT2D eigenvalue weighted by Crippen LogP contribution is 2.15. The van der Waals surface area contributed by atoms with Crippen LogP contribution in [0.2, 0.25) is 0 Å². The number of nitrogens with zero attached hydrogens (tertiary/aromatic N) is 2. The number of benzene rings is 1. The molecule has 1 aromatic carbocycles. The van der Waals surface area contributed by atoms with E-state index in [1.165, 1.54) is 0 Å². The minimum Gasteiger partial charge on any atom is -0.481 e. The Bertz CT molecular complexity index is 495. The van der Waals surface area contributed by atoms with Gasteiger partial charge in [-0.15, -0.1) is 0 Å². The van der Waals surface area contributed by atoms with Crippen molar-refractivity contribution in [2.75, 3.05) is 0 Å². The van der Waals surface area contributed by atoms with E-state index in [4.69, 9.17) is 15.6 Å². The van der Waals surface area contributed by atoms with E-state index in [9.17, 15) is 4.79 Å². The summed E-state index contributed by atoms with van der Waals surface area (Å²) in [5, 5.41) is 25.9. The molecule has 0 fully saturated rings. The summed E-state index contributed by atoms with van der Waals surface area (Å²) < 4.78 is 0. The summed E-state index contributed by atoms with van der Waals surface area (Å²) in [5.74, 6) is -0.905. The fraction of sp³-hybridized carbons (Fsp3) is 0.308. The average molecular weight is 228 g/mol. The second-order valence-electron chi connectivity index (χ2n) is 3.67. The van der Waals surface area contributed by atoms with E-state index in [1.807, 2.05) is 18.2 Å². The molecule has 17 heavy (non-hydrogen) atoms. The third-order valence-electron chi connectivity index (χ3n) is 2.40. The zero-order valence-corrected chi connectivity index (χ0v) is 9.31. The van der Waals surface area contributed by atoms with Gasteiger partial charge in [0.25, 0.3) is 0 Å². The van der Waals surface area contributed by atoms with Crippen LogP contribution in [-0.4, -0.2) is 11.1 Å². The van der Waals surface area contributed by atoms with Gasteiger partial charge < -0.3 is 5.11 Å². The van der Waals surface area contributed by atoms with E-state index in [2.05, 4.69) is 0 Å². The minimum absolute atomic E-state index is 0.0694. The van der Waals surface area contributed by atoms with E-state index in [-0.39, 0.29) is 12.8 Å². The van der Waals surface area contributed by atoms with Crippen molar-refractivity contribution in [1.29, 1.82) is 10.5 Å². The Labute approximate surface area is 99.7 Å². The van der Waals surface area contributed by atoms with Gasteiger partial charge in [-0.05, 0) is 23.1 Å². The largest absolute Gasteiger partial charge is 0.481 e. The molecule has 0 atom stereocenters. The summed E-state index contributed by atoms with van der Waals surface area (Å²) in [4.78, 5) is 10.7. The summed E-state index contributed by atoms with van der Waals surface area (Å²) in [6.07, 6.45) is 1.11. The molecule has 0 unspecified atom stereocenters. The van der Waals surface area contributed by atoms with Gasteiger partial charge in [0.1, 0.15) is 0 Å². The van der Waals surface area contributed by atoms with Crippen molar-refractivity contribution >= 4 is 5.97 Å². The number of aliphatic carboxylic acids is 1. The number of hydrogen-bond acceptors (Lipinski definition) is 3. The Morgan fingerprint density at radius 3 is 2.59 bits per heavy atom. The molecule has 0 radical (unpaired) electrons. The first-order chi connectivity index (χ1) is 8.17. The lowest BCUT2D eigenvalue weighted by Gasteiger charge is -2.07. The fourth-order valence-electron chi connectivity index (χ4n) is 1.64. The average Bonchev–Trinajstić information content (AvgIpc) is 2.28. The number of nitriles is 2. The Kier molecular flexibility index (Phi) is 4.72. The third kappa shape index (κ3) is 3.96. The van der Waals surface area contributed by atoms with Crippen LogP contribution in [0.25, 0.3) is 0 Å². The predicted molar refractivity (Wildman–Crippen MR) is 61.0 cm³/mol. The SMILES string of the molecule is N#CCCc1ccc(CC#N)cc1CC(=O)O. The minimum atomic E-state index is -0.905. The van der Waals surface area contributed by atoms with Crippen LogP contribution in [0.15, 0.2) is 18.2 Å². The van der Waals surface area contributed by atoms with E-state index in [0.29, 0.717) is 18.4 Å². The predicted octanol–water partition coefficient (Wildman–Crippen LogP) is 1.84. The van der Waals surface area contributed by atoms with E-state index in [1.54, 1.807) is 12.1 Å². The molecular weight excluding hydrogens is 216 g/mol. The summed E-state index contributed by atoms with van der Waals surface area (Å²) in [5.41, 5.74) is 2.38. The van der Waals surface area contributed by atoms with Gasteiger partial charge in [0.15, 0.2) is 0 Å². The molecule has 0 aromatic heterocycles. The molecule has 86 valence electrons. The lowest BCUT2D eigenvalue weighted by atomic mass is 9.97. The standard InChI is InChI=1S/C13H12N2O2/c14-6-1-2-11-4-3-10(5-7-15)8-12(11)9-13(16)17/h3-4,8H,1-2,5,9H2,(H,16,17). The Morgan fingerprint density at radius 2 is 2.00 bits per heavy atom. The van der Waals surface area contributed by atoms with Crippen LogP contribution in [0.5, 0.6) is 0 Å². The molecule has 1 N–H and O–H groups in total. The maximum absolute atomic E-state index is 10.7. The molecule has 0 saturated heterocycles. The smallest absolute Gasteiger partial charge is 0.307 e. The lowest BCUT2D eigenvalue weighted by molar-refractivity contribution is -0.136. The first kappa shape index (κ1) is 12.7. The van der Waals surface area contributed by atoms with Crippen molar-refractivity contribution in [3.05, 3.63) is 34.9 Å². The number of hydrogen-bond donors (Lipinski definition) is 1. The monoisotopic (exact) mass is 228 g/mol. The van der Waals surface area contributed by atoms with Gasteiger partial charge in [-0.3, -0.25) is 4.79 Å². The van der Waals surface area contributed by atoms with Crippen molar-refractivity contribution in [3.63, 3.8) is 0 Å². The zero-order valence-electron chi connectivity index (χ0n) is 9.31. The van der Waals surface area contributed by atoms with Crippen molar-refractivity contribution in [2.24, 2.45) is 0 Å². The first-order valence-corrected chi connectivity index (χ1v) is 5.23. The number of aryl methyl sites for hydroxylation is 1. The van der Waals surface area contributed by atoms with Crippen LogP contribution < -0.4 is 0 Å². The maximum atomic E-state index is 10.7. The van der Waals surface area contributed by atoms with Crippen molar-refractivity contribution in [2.45, 2.75) is 25.7 Å². The summed E-state index contributed by atoms with van der Waals surface area (Å²) in [6, 6.07) is 9.42. The summed E-state index contributed by atoms with van der Waals surface area (Å²) >= 11 is 0. The topological polar surface area (TPSA) is 84.9 Å². The number of rotatable bonds is 5. The van der Waals surface area contributed by atoms with E-state index < -0.39 is 5.97 Å². The van der Waals surface area contributed by atoms with Crippen LogP contribution in [0.4, 0.5) is 0 Å². The third-order valence-corrected chi connectivity index (χ3v) is 2.40. The molecule has 4 nitrogen and oxygen atoms in total. The molecule has 0 aliphatic carbocycles. The number of carboxylic acid groups (broad SMARTS) is 1. The molecule has 0 bridgehead atoms. The molecule has 4 heteroatoms. The quantitative estimate of drug-likeness (QED) is 0.833. The van der Waals surface area contributed by atoms with Gasteiger partial charge in [0.05, 0.1) is 25.0 Å². The first-order valence-electron chi connectivity index (χ1n) is 5.23. The van der Waals surface area contributed by atoms with Crippen molar-refractivity contribution in [1.82, 2.24) is 0 Å². The molecule has 0 aliphatic heterocycles. The fourth-order valence-corrected chi connectivity index (χ4v) is 1.64. The van der Waals surface area contributed by atoms with Gasteiger partial charge in [0, 0.05) is 6.42 Å². The molecule has 0 spiro atoms. The molecule has 1 aromatic rings. The van der Waals surface area contributed by atoms with Crippen LogP contribution >= 0.6 is 0 Å². The van der Waals surface area contributed by atoms with Gasteiger partial charge in [-0.25, -0.2) is 0 Å². The van der Waals surface area contributed by atoms with Crippen molar-refractivity contribution in [3.8, 4) is 12.1 Å². The van der Waals surface area contributed by atoms with Gasteiger partial charge >= 0.3 is 5.97 Å². The highest BCUT2D eigenvalue weighted by atomic mass is 16.4. The molecule has 0 aliphatic rings. The Morgan fingerprint density at radius 1 is 1.24 bits per heavy atom. The van der Waals surface area contributed by atoms with Crippen LogP contribution in [0, 0.1) is 22.7 Å². The highest BCUT2D eigenvalue weighted by molar-refractivity contribution is 5.70. The number of carbonyl (C=O) groups is 1. The zero-order chi connectivity index (χ0) is 12.7. The molecule has 0 heterocycles.